The number of carbonyl (C=O) groups excluding carboxylic acids is 1. The van der Waals surface area contributed by atoms with E-state index in [9.17, 15) is 19.8 Å². The monoisotopic (exact) mass is 831 g/mol. The summed E-state index contributed by atoms with van der Waals surface area (Å²) in [6.45, 7) is 13.8. The maximum absolute atomic E-state index is 13.4. The largest absolute Gasteiger partial charge is 0.506 e. The van der Waals surface area contributed by atoms with Crippen LogP contribution >= 0.6 is 22.7 Å². The van der Waals surface area contributed by atoms with Gasteiger partial charge in [0.2, 0.25) is 11.2 Å². The molecule has 0 radical (unpaired) electrons. The van der Waals surface area contributed by atoms with Crippen molar-refractivity contribution in [2.24, 2.45) is 0 Å². The van der Waals surface area contributed by atoms with Crippen LogP contribution in [0.2, 0.25) is 18.1 Å². The molecule has 10 nitrogen and oxygen atoms in total. The molecule has 0 amide bonds. The zero-order chi connectivity index (χ0) is 40.8. The van der Waals surface area contributed by atoms with Crippen molar-refractivity contribution in [3.63, 3.8) is 0 Å². The van der Waals surface area contributed by atoms with Crippen molar-refractivity contribution >= 4 is 47.9 Å². The number of fused-ring (bicyclic) bond motifs is 1. The molecule has 57 heavy (non-hydrogen) atoms. The Morgan fingerprint density at radius 1 is 0.965 bits per heavy atom. The normalized spacial score (nSPS) is 17.2. The smallest absolute Gasteiger partial charge is 0.349 e. The van der Waals surface area contributed by atoms with Crippen molar-refractivity contribution in [2.75, 3.05) is 33.3 Å². The van der Waals surface area contributed by atoms with E-state index in [0.29, 0.717) is 34.5 Å². The van der Waals surface area contributed by atoms with E-state index in [0.717, 1.165) is 61.9 Å². The van der Waals surface area contributed by atoms with E-state index in [1.165, 1.54) is 34.3 Å². The molecule has 5 aromatic rings. The molecule has 0 aliphatic heterocycles. The second kappa shape index (κ2) is 18.4. The lowest BCUT2D eigenvalue weighted by Crippen LogP contribution is -2.43. The lowest BCUT2D eigenvalue weighted by Gasteiger charge is -2.39. The fraction of sp³-hybridized carbons (Fsp3) is 0.455. The van der Waals surface area contributed by atoms with E-state index in [2.05, 4.69) is 68.2 Å². The van der Waals surface area contributed by atoms with Crippen LogP contribution in [0.4, 0.5) is 0 Å². The van der Waals surface area contributed by atoms with Gasteiger partial charge in [0.05, 0.1) is 21.4 Å². The number of nitrogens with zero attached hydrogens (tertiary/aromatic N) is 1. The summed E-state index contributed by atoms with van der Waals surface area (Å²) in [4.78, 5) is 31.7. The summed E-state index contributed by atoms with van der Waals surface area (Å²) in [6.07, 6.45) is 3.67. The van der Waals surface area contributed by atoms with Crippen LogP contribution in [0.25, 0.3) is 10.9 Å². The predicted octanol–water partition coefficient (Wildman–Crippen LogP) is 8.35. The van der Waals surface area contributed by atoms with E-state index in [1.54, 1.807) is 24.3 Å². The van der Waals surface area contributed by atoms with Gasteiger partial charge in [0, 0.05) is 30.6 Å². The van der Waals surface area contributed by atoms with Gasteiger partial charge in [-0.15, -0.1) is 22.7 Å². The fourth-order valence-corrected chi connectivity index (χ4v) is 10.1. The Kier molecular flexibility index (Phi) is 13.8. The summed E-state index contributed by atoms with van der Waals surface area (Å²) >= 11 is 2.71. The van der Waals surface area contributed by atoms with Crippen LogP contribution in [-0.4, -0.2) is 79.8 Å². The molecule has 1 saturated carbocycles. The van der Waals surface area contributed by atoms with E-state index >= 15 is 0 Å². The highest BCUT2D eigenvalue weighted by Gasteiger charge is 2.45. The van der Waals surface area contributed by atoms with Crippen molar-refractivity contribution in [2.45, 2.75) is 94.9 Å². The second-order valence-electron chi connectivity index (χ2n) is 16.6. The number of aliphatic hydroxyl groups is 1. The Labute approximate surface area is 345 Å². The Morgan fingerprint density at radius 3 is 2.25 bits per heavy atom. The highest BCUT2D eigenvalue weighted by Crippen LogP contribution is 2.41. The van der Waals surface area contributed by atoms with Gasteiger partial charge in [-0.2, -0.15) is 0 Å². The quantitative estimate of drug-likeness (QED) is 0.0415. The molecule has 2 aromatic carbocycles. The maximum atomic E-state index is 13.4. The molecule has 0 spiro atoms. The molecule has 3 aromatic heterocycles. The number of thiophene rings is 2. The third-order valence-electron chi connectivity index (χ3n) is 11.6. The first-order valence-electron chi connectivity index (χ1n) is 19.8. The summed E-state index contributed by atoms with van der Waals surface area (Å²) in [6, 6.07) is 22.7. The Morgan fingerprint density at radius 2 is 1.63 bits per heavy atom. The molecule has 4 N–H and O–H groups in total. The van der Waals surface area contributed by atoms with E-state index < -0.39 is 19.9 Å². The number of hydrogen-bond acceptors (Lipinski definition) is 11. The number of rotatable bonds is 17. The number of aromatic amines is 1. The standard InChI is InChI=1S/C44H57N3O7S2Si/c1-43(2,3)57(5,6)54-37(34-19-21-36(48)41-35(34)20-22-40(49)46-41)29-45-24-23-30-11-15-32(16-12-30)52-26-25-47(4)31-13-17-33(18-14-31)53-42(50)44(51,38-9-7-27-55-38)39-10-8-28-56-39/h7-12,15-16,19-22,27-28,31,33,37,45,48,51H,13-14,17-18,23-26,29H2,1-6H3,(H,46,49)/t31-,33-,37-/m0/s1. The summed E-state index contributed by atoms with van der Waals surface area (Å²) in [5.41, 5.74) is 0.526. The summed E-state index contributed by atoms with van der Waals surface area (Å²) in [7, 11) is -0.0458. The highest BCUT2D eigenvalue weighted by molar-refractivity contribution is 7.12. The van der Waals surface area contributed by atoms with Gasteiger partial charge in [-0.05, 0) is 122 Å². The third-order valence-corrected chi connectivity index (χ3v) is 18.1. The average molecular weight is 832 g/mol. The number of aromatic hydroxyl groups is 1. The minimum absolute atomic E-state index is 0.00823. The number of pyridine rings is 1. The zero-order valence-corrected chi connectivity index (χ0v) is 36.5. The molecule has 1 aliphatic rings. The van der Waals surface area contributed by atoms with Gasteiger partial charge >= 0.3 is 5.97 Å². The minimum atomic E-state index is -2.17. The van der Waals surface area contributed by atoms with Crippen LogP contribution in [0.15, 0.2) is 88.4 Å². The van der Waals surface area contributed by atoms with Crippen molar-refractivity contribution in [1.29, 1.82) is 0 Å². The number of ether oxygens (including phenoxy) is 2. The molecule has 6 rings (SSSR count). The summed E-state index contributed by atoms with van der Waals surface area (Å²) < 4.78 is 19.0. The number of H-pyrrole nitrogens is 1. The Balaban J connectivity index is 0.944. The van der Waals surface area contributed by atoms with Crippen molar-refractivity contribution in [3.05, 3.63) is 115 Å². The van der Waals surface area contributed by atoms with Gasteiger partial charge in [-0.3, -0.25) is 4.79 Å². The number of nitrogens with one attached hydrogen (secondary N) is 2. The first kappa shape index (κ1) is 42.8. The van der Waals surface area contributed by atoms with E-state index in [1.807, 2.05) is 41.1 Å². The predicted molar refractivity (Wildman–Crippen MR) is 232 cm³/mol. The van der Waals surface area contributed by atoms with Gasteiger partial charge in [-0.25, -0.2) is 4.79 Å². The average Bonchev–Trinajstić information content (AvgIpc) is 3.93. The second-order valence-corrected chi connectivity index (χ2v) is 23.2. The molecule has 1 fully saturated rings. The molecule has 0 saturated heterocycles. The van der Waals surface area contributed by atoms with Crippen LogP contribution in [0.3, 0.4) is 0 Å². The number of carbonyl (C=O) groups is 1. The highest BCUT2D eigenvalue weighted by atomic mass is 32.1. The zero-order valence-electron chi connectivity index (χ0n) is 33.9. The first-order valence-corrected chi connectivity index (χ1v) is 24.5. The summed E-state index contributed by atoms with van der Waals surface area (Å²) in [5.74, 6) is 0.278. The van der Waals surface area contributed by atoms with Crippen molar-refractivity contribution < 1.29 is 28.9 Å². The van der Waals surface area contributed by atoms with Crippen LogP contribution in [0.5, 0.6) is 11.5 Å². The van der Waals surface area contributed by atoms with E-state index in [4.69, 9.17) is 13.9 Å². The van der Waals surface area contributed by atoms with Gasteiger partial charge < -0.3 is 39.3 Å². The Bertz CT molecular complexity index is 2070. The van der Waals surface area contributed by atoms with Gasteiger partial charge in [0.1, 0.15) is 24.2 Å². The number of phenols is 1. The van der Waals surface area contributed by atoms with Crippen molar-refractivity contribution in [3.8, 4) is 11.5 Å². The number of likely N-dealkylation sites (N-methyl/N-ethyl adjacent to an activating group) is 1. The number of esters is 1. The molecule has 13 heteroatoms. The topological polar surface area (TPSA) is 133 Å². The SMILES string of the molecule is CN(CCOc1ccc(CCNC[C@H](O[Si](C)(C)C(C)(C)C)c2ccc(O)c3[nH]c(=O)ccc23)cc1)[C@H]1CC[C@H](OC(=O)C(O)(c2cccs2)c2cccs2)CC1. The van der Waals surface area contributed by atoms with Gasteiger partial charge in [0.25, 0.3) is 0 Å². The van der Waals surface area contributed by atoms with E-state index in [-0.39, 0.29) is 28.6 Å². The lowest BCUT2D eigenvalue weighted by molar-refractivity contribution is -0.169. The molecule has 1 atom stereocenters. The van der Waals surface area contributed by atoms with Crippen LogP contribution in [-0.2, 0) is 26.0 Å². The number of hydrogen-bond donors (Lipinski definition) is 4. The molecule has 3 heterocycles. The third kappa shape index (κ3) is 10.3. The molecular weight excluding hydrogens is 775 g/mol. The summed E-state index contributed by atoms with van der Waals surface area (Å²) in [5, 5.41) is 30.2. The molecular formula is C44H57N3O7S2Si. The number of aromatic nitrogens is 1. The molecule has 306 valence electrons. The van der Waals surface area contributed by atoms with Crippen LogP contribution in [0, 0.1) is 0 Å². The number of benzene rings is 2. The lowest BCUT2D eigenvalue weighted by atomic mass is 9.91. The van der Waals surface area contributed by atoms with Crippen LogP contribution in [0.1, 0.15) is 73.4 Å². The molecule has 1 aliphatic carbocycles. The molecule has 0 unspecified atom stereocenters. The minimum Gasteiger partial charge on any atom is -0.506 e. The fourth-order valence-electron chi connectivity index (χ4n) is 7.13. The Hall–Kier alpha value is -3.82. The number of phenolic OH excluding ortho intramolecular Hbond substituents is 1. The van der Waals surface area contributed by atoms with Crippen molar-refractivity contribution in [1.82, 2.24) is 15.2 Å². The van der Waals surface area contributed by atoms with Gasteiger partial charge in [-0.1, -0.05) is 51.1 Å². The van der Waals surface area contributed by atoms with Crippen LogP contribution < -0.4 is 15.6 Å². The van der Waals surface area contributed by atoms with Gasteiger partial charge in [0.15, 0.2) is 8.32 Å². The first-order chi connectivity index (χ1) is 27.2. The maximum Gasteiger partial charge on any atom is 0.349 e. The molecule has 0 bridgehead atoms.